The first kappa shape index (κ1) is 21.7. The van der Waals surface area contributed by atoms with E-state index in [1.165, 1.54) is 18.2 Å². The topological polar surface area (TPSA) is 67.4 Å². The summed E-state index contributed by atoms with van der Waals surface area (Å²) in [6.07, 6.45) is 2.21. The predicted molar refractivity (Wildman–Crippen MR) is 117 cm³/mol. The molecule has 0 radical (unpaired) electrons. The van der Waals surface area contributed by atoms with Gasteiger partial charge in [-0.1, -0.05) is 6.07 Å². The summed E-state index contributed by atoms with van der Waals surface area (Å²) in [5.74, 6) is 0.335. The molecule has 8 heteroatoms. The molecular weight excluding hydrogens is 414 g/mol. The molecule has 2 aromatic heterocycles. The minimum atomic E-state index is -0.390. The fraction of sp³-hybridized carbons (Fsp3) is 0.292. The van der Waals surface area contributed by atoms with Crippen LogP contribution in [0.5, 0.6) is 5.75 Å². The number of benzene rings is 1. The van der Waals surface area contributed by atoms with Gasteiger partial charge in [0, 0.05) is 42.1 Å². The maximum atomic E-state index is 13.2. The molecule has 3 aromatic rings. The molecule has 1 atom stereocenters. The predicted octanol–water partition coefficient (Wildman–Crippen LogP) is 4.59. The quantitative estimate of drug-likeness (QED) is 0.584. The van der Waals surface area contributed by atoms with Crippen molar-refractivity contribution in [3.05, 3.63) is 77.8 Å². The van der Waals surface area contributed by atoms with Crippen LogP contribution in [0.1, 0.15) is 30.1 Å². The van der Waals surface area contributed by atoms with Gasteiger partial charge in [0.2, 0.25) is 5.91 Å². The summed E-state index contributed by atoms with van der Waals surface area (Å²) >= 11 is 0. The number of nitrogens with zero attached hydrogens (tertiary/aromatic N) is 3. The van der Waals surface area contributed by atoms with Crippen molar-refractivity contribution in [3.63, 3.8) is 0 Å². The first-order valence-corrected chi connectivity index (χ1v) is 10.5. The van der Waals surface area contributed by atoms with E-state index in [0.29, 0.717) is 24.7 Å². The zero-order valence-electron chi connectivity index (χ0n) is 17.7. The largest absolute Gasteiger partial charge is 0.493 e. The second-order valence-electron chi connectivity index (χ2n) is 7.79. The van der Waals surface area contributed by atoms with Gasteiger partial charge in [-0.25, -0.2) is 13.8 Å². The Balaban J connectivity index is 1.33. The zero-order chi connectivity index (χ0) is 22.5. The number of ether oxygens (including phenoxy) is 1. The van der Waals surface area contributed by atoms with Crippen LogP contribution in [-0.4, -0.2) is 40.5 Å². The lowest BCUT2D eigenvalue weighted by molar-refractivity contribution is -0.130. The van der Waals surface area contributed by atoms with E-state index in [1.54, 1.807) is 18.2 Å². The number of nitrogens with one attached hydrogen (secondary N) is 1. The first-order valence-electron chi connectivity index (χ1n) is 10.5. The van der Waals surface area contributed by atoms with Crippen molar-refractivity contribution < 1.29 is 18.3 Å². The van der Waals surface area contributed by atoms with Gasteiger partial charge in [0.1, 0.15) is 23.2 Å². The third kappa shape index (κ3) is 5.57. The summed E-state index contributed by atoms with van der Waals surface area (Å²) in [5.41, 5.74) is 2.57. The highest BCUT2D eigenvalue weighted by atomic mass is 19.1. The van der Waals surface area contributed by atoms with Crippen LogP contribution < -0.4 is 10.1 Å². The number of aryl methyl sites for hydroxylation is 1. The Kier molecular flexibility index (Phi) is 6.58. The van der Waals surface area contributed by atoms with Crippen molar-refractivity contribution >= 4 is 17.4 Å². The Morgan fingerprint density at radius 3 is 2.84 bits per heavy atom. The van der Waals surface area contributed by atoms with Gasteiger partial charge in [-0.15, -0.1) is 0 Å². The highest BCUT2D eigenvalue weighted by Gasteiger charge is 2.28. The second-order valence-corrected chi connectivity index (χ2v) is 7.79. The van der Waals surface area contributed by atoms with Gasteiger partial charge in [0.25, 0.3) is 0 Å². The monoisotopic (exact) mass is 438 g/mol. The van der Waals surface area contributed by atoms with E-state index < -0.39 is 0 Å². The van der Waals surface area contributed by atoms with Crippen molar-refractivity contribution in [2.75, 3.05) is 25.0 Å². The van der Waals surface area contributed by atoms with Crippen molar-refractivity contribution in [1.29, 1.82) is 0 Å². The molecule has 1 aliphatic rings. The molecule has 0 unspecified atom stereocenters. The number of aromatic nitrogens is 2. The Labute approximate surface area is 185 Å². The maximum Gasteiger partial charge on any atom is 0.226 e. The Morgan fingerprint density at radius 1 is 1.19 bits per heavy atom. The number of anilines is 2. The van der Waals surface area contributed by atoms with E-state index >= 15 is 0 Å². The Morgan fingerprint density at radius 2 is 2.06 bits per heavy atom. The molecule has 32 heavy (non-hydrogen) atoms. The highest BCUT2D eigenvalue weighted by Crippen LogP contribution is 2.29. The number of rotatable bonds is 7. The molecule has 1 aromatic carbocycles. The number of hydrogen-bond donors (Lipinski definition) is 1. The van der Waals surface area contributed by atoms with E-state index in [4.69, 9.17) is 4.74 Å². The molecule has 1 fully saturated rings. The van der Waals surface area contributed by atoms with Gasteiger partial charge in [-0.05, 0) is 49.7 Å². The van der Waals surface area contributed by atoms with Gasteiger partial charge in [0.05, 0.1) is 19.2 Å². The first-order chi connectivity index (χ1) is 15.5. The summed E-state index contributed by atoms with van der Waals surface area (Å²) in [7, 11) is 0. The average molecular weight is 438 g/mol. The lowest BCUT2D eigenvalue weighted by Gasteiger charge is -2.17. The number of likely N-dealkylation sites (tertiary alicyclic amines) is 1. The van der Waals surface area contributed by atoms with Crippen molar-refractivity contribution in [2.45, 2.75) is 25.7 Å². The molecule has 3 heterocycles. The SMILES string of the molecule is Cc1cc(Nc2ccc(F)cn2)cc([C@H]2CCN(C(=O)CCOc3cccc(F)c3)C2)n1. The summed E-state index contributed by atoms with van der Waals surface area (Å²) in [6.45, 7) is 3.35. The molecule has 4 rings (SSSR count). The van der Waals surface area contributed by atoms with Crippen LogP contribution in [0, 0.1) is 18.6 Å². The molecule has 1 amide bonds. The maximum absolute atomic E-state index is 13.2. The van der Waals surface area contributed by atoms with Crippen LogP contribution >= 0.6 is 0 Å². The van der Waals surface area contributed by atoms with E-state index in [1.807, 2.05) is 24.0 Å². The number of carbonyl (C=O) groups excluding carboxylic acids is 1. The Hall–Kier alpha value is -3.55. The molecule has 0 bridgehead atoms. The minimum Gasteiger partial charge on any atom is -0.493 e. The molecule has 166 valence electrons. The molecule has 1 aliphatic heterocycles. The molecule has 1 saturated heterocycles. The normalized spacial score (nSPS) is 15.6. The van der Waals surface area contributed by atoms with Crippen molar-refractivity contribution in [2.24, 2.45) is 0 Å². The molecule has 0 spiro atoms. The third-order valence-corrected chi connectivity index (χ3v) is 5.31. The van der Waals surface area contributed by atoms with Gasteiger partial charge >= 0.3 is 0 Å². The second kappa shape index (κ2) is 9.72. The fourth-order valence-corrected chi connectivity index (χ4v) is 3.77. The lowest BCUT2D eigenvalue weighted by atomic mass is 10.0. The number of pyridine rings is 2. The summed E-state index contributed by atoms with van der Waals surface area (Å²) in [6, 6.07) is 12.7. The number of amides is 1. The smallest absolute Gasteiger partial charge is 0.226 e. The molecule has 1 N–H and O–H groups in total. The average Bonchev–Trinajstić information content (AvgIpc) is 3.26. The van der Waals surface area contributed by atoms with E-state index in [9.17, 15) is 13.6 Å². The van der Waals surface area contributed by atoms with Gasteiger partial charge in [-0.3, -0.25) is 9.78 Å². The van der Waals surface area contributed by atoms with Crippen molar-refractivity contribution in [1.82, 2.24) is 14.9 Å². The molecular formula is C24H24F2N4O2. The number of halogens is 2. The van der Waals surface area contributed by atoms with E-state index in [0.717, 1.165) is 29.7 Å². The van der Waals surface area contributed by atoms with Gasteiger partial charge < -0.3 is 15.0 Å². The van der Waals surface area contributed by atoms with Crippen LogP contribution in [0.15, 0.2) is 54.7 Å². The number of carbonyl (C=O) groups is 1. The van der Waals surface area contributed by atoms with Crippen LogP contribution in [0.3, 0.4) is 0 Å². The standard InChI is InChI=1S/C24H24F2N4O2/c1-16-11-20(29-23-6-5-19(26)14-27-23)13-22(28-16)17-7-9-30(15-17)24(31)8-10-32-21-4-2-3-18(25)12-21/h2-6,11-14,17H,7-10,15H2,1H3,(H,27,28,29)/t17-/m0/s1. The zero-order valence-corrected chi connectivity index (χ0v) is 17.7. The minimum absolute atomic E-state index is 0.00502. The van der Waals surface area contributed by atoms with Crippen LogP contribution in [0.25, 0.3) is 0 Å². The van der Waals surface area contributed by atoms with Crippen molar-refractivity contribution in [3.8, 4) is 5.75 Å². The van der Waals surface area contributed by atoms with Crippen LogP contribution in [0.2, 0.25) is 0 Å². The third-order valence-electron chi connectivity index (χ3n) is 5.31. The summed E-state index contributed by atoms with van der Waals surface area (Å²) < 4.78 is 31.8. The van der Waals surface area contributed by atoms with E-state index in [2.05, 4.69) is 15.3 Å². The lowest BCUT2D eigenvalue weighted by Crippen LogP contribution is -2.29. The van der Waals surface area contributed by atoms with Crippen LogP contribution in [-0.2, 0) is 4.79 Å². The summed E-state index contributed by atoms with van der Waals surface area (Å²) in [4.78, 5) is 23.1. The fourth-order valence-electron chi connectivity index (χ4n) is 3.77. The Bertz CT molecular complexity index is 1090. The van der Waals surface area contributed by atoms with Gasteiger partial charge in [-0.2, -0.15) is 0 Å². The summed E-state index contributed by atoms with van der Waals surface area (Å²) in [5, 5.41) is 3.18. The van der Waals surface area contributed by atoms with E-state index in [-0.39, 0.29) is 36.5 Å². The molecule has 0 saturated carbocycles. The van der Waals surface area contributed by atoms with Gasteiger partial charge in [0.15, 0.2) is 0 Å². The highest BCUT2D eigenvalue weighted by molar-refractivity contribution is 5.76. The molecule has 6 nitrogen and oxygen atoms in total. The molecule has 0 aliphatic carbocycles. The van der Waals surface area contributed by atoms with Crippen LogP contribution in [0.4, 0.5) is 20.3 Å². The number of hydrogen-bond acceptors (Lipinski definition) is 5.